The molecule has 0 aliphatic carbocycles. The van der Waals surface area contributed by atoms with Crippen LogP contribution in [0.5, 0.6) is 0 Å². The average molecular weight is 157 g/mol. The molecule has 0 aromatic carbocycles. The molecule has 0 saturated carbocycles. The third-order valence-electron chi connectivity index (χ3n) is 2.17. The van der Waals surface area contributed by atoms with Crippen LogP contribution in [0.25, 0.3) is 0 Å². The van der Waals surface area contributed by atoms with Gasteiger partial charge in [-0.05, 0) is 19.5 Å². The molecule has 11 heavy (non-hydrogen) atoms. The standard InChI is InChI=1S/C9H19NO/c1-4-9(7-8-11)10(5-2)6-3/h8-9H,4-7H2,1-3H3. The van der Waals surface area contributed by atoms with E-state index < -0.39 is 0 Å². The van der Waals surface area contributed by atoms with Crippen molar-refractivity contribution in [3.8, 4) is 0 Å². The number of hydrogen-bond donors (Lipinski definition) is 0. The maximum absolute atomic E-state index is 10.3. The third kappa shape index (κ3) is 3.51. The first-order chi connectivity index (χ1) is 5.29. The van der Waals surface area contributed by atoms with Gasteiger partial charge in [0.2, 0.25) is 0 Å². The van der Waals surface area contributed by atoms with Crippen LogP contribution in [0, 0.1) is 0 Å². The number of carbonyl (C=O) groups excluding carboxylic acids is 1. The molecular weight excluding hydrogens is 138 g/mol. The Bertz CT molecular complexity index is 99.7. The van der Waals surface area contributed by atoms with E-state index >= 15 is 0 Å². The Kier molecular flexibility index (Phi) is 6.13. The Labute approximate surface area is 69.6 Å². The summed E-state index contributed by atoms with van der Waals surface area (Å²) in [5.74, 6) is 0. The molecule has 0 aromatic heterocycles. The van der Waals surface area contributed by atoms with E-state index in [0.717, 1.165) is 25.8 Å². The molecule has 0 radical (unpaired) electrons. The van der Waals surface area contributed by atoms with Crippen LogP contribution in [0.1, 0.15) is 33.6 Å². The molecule has 0 bridgehead atoms. The number of nitrogens with zero attached hydrogens (tertiary/aromatic N) is 1. The van der Waals surface area contributed by atoms with E-state index in [1.54, 1.807) is 0 Å². The van der Waals surface area contributed by atoms with Gasteiger partial charge in [0, 0.05) is 12.5 Å². The van der Waals surface area contributed by atoms with Crippen molar-refractivity contribution in [2.75, 3.05) is 13.1 Å². The van der Waals surface area contributed by atoms with Gasteiger partial charge in [-0.25, -0.2) is 0 Å². The van der Waals surface area contributed by atoms with E-state index in [2.05, 4.69) is 25.7 Å². The highest BCUT2D eigenvalue weighted by Crippen LogP contribution is 2.05. The van der Waals surface area contributed by atoms with Crippen LogP contribution in [0.2, 0.25) is 0 Å². The zero-order valence-corrected chi connectivity index (χ0v) is 7.84. The van der Waals surface area contributed by atoms with Gasteiger partial charge in [0.15, 0.2) is 0 Å². The topological polar surface area (TPSA) is 20.3 Å². The van der Waals surface area contributed by atoms with E-state index in [1.165, 1.54) is 0 Å². The number of carbonyl (C=O) groups is 1. The second kappa shape index (κ2) is 6.35. The minimum Gasteiger partial charge on any atom is -0.303 e. The van der Waals surface area contributed by atoms with Gasteiger partial charge in [0.05, 0.1) is 0 Å². The fourth-order valence-electron chi connectivity index (χ4n) is 1.43. The summed E-state index contributed by atoms with van der Waals surface area (Å²) in [6, 6.07) is 0.461. The predicted octanol–water partition coefficient (Wildman–Crippen LogP) is 1.70. The van der Waals surface area contributed by atoms with Gasteiger partial charge < -0.3 is 9.69 Å². The van der Waals surface area contributed by atoms with Crippen molar-refractivity contribution in [2.24, 2.45) is 0 Å². The molecule has 0 aliphatic heterocycles. The van der Waals surface area contributed by atoms with E-state index in [4.69, 9.17) is 0 Å². The summed E-state index contributed by atoms with van der Waals surface area (Å²) in [4.78, 5) is 12.6. The smallest absolute Gasteiger partial charge is 0.121 e. The molecule has 0 amide bonds. The first kappa shape index (κ1) is 10.6. The van der Waals surface area contributed by atoms with Gasteiger partial charge in [-0.15, -0.1) is 0 Å². The third-order valence-corrected chi connectivity index (χ3v) is 2.17. The lowest BCUT2D eigenvalue weighted by molar-refractivity contribution is -0.108. The normalized spacial score (nSPS) is 13.5. The summed E-state index contributed by atoms with van der Waals surface area (Å²) in [5, 5.41) is 0. The van der Waals surface area contributed by atoms with Crippen molar-refractivity contribution in [2.45, 2.75) is 39.7 Å². The summed E-state index contributed by atoms with van der Waals surface area (Å²) in [5.41, 5.74) is 0. The molecule has 1 atom stereocenters. The summed E-state index contributed by atoms with van der Waals surface area (Å²) < 4.78 is 0. The Balaban J connectivity index is 3.85. The maximum Gasteiger partial charge on any atom is 0.121 e. The minimum atomic E-state index is 0.461. The van der Waals surface area contributed by atoms with Gasteiger partial charge in [0.1, 0.15) is 6.29 Å². The molecule has 0 saturated heterocycles. The first-order valence-corrected chi connectivity index (χ1v) is 4.47. The summed E-state index contributed by atoms with van der Waals surface area (Å²) in [7, 11) is 0. The molecule has 2 nitrogen and oxygen atoms in total. The zero-order valence-electron chi connectivity index (χ0n) is 7.84. The second-order valence-corrected chi connectivity index (χ2v) is 2.69. The Morgan fingerprint density at radius 1 is 1.27 bits per heavy atom. The fraction of sp³-hybridized carbons (Fsp3) is 0.889. The van der Waals surface area contributed by atoms with Crippen molar-refractivity contribution in [3.05, 3.63) is 0 Å². The highest BCUT2D eigenvalue weighted by molar-refractivity contribution is 5.50. The SMILES string of the molecule is CCC(CC=O)N(CC)CC. The van der Waals surface area contributed by atoms with Gasteiger partial charge >= 0.3 is 0 Å². The van der Waals surface area contributed by atoms with Crippen LogP contribution in [0.15, 0.2) is 0 Å². The van der Waals surface area contributed by atoms with Gasteiger partial charge in [0.25, 0.3) is 0 Å². The Hall–Kier alpha value is -0.370. The van der Waals surface area contributed by atoms with Crippen molar-refractivity contribution in [1.29, 1.82) is 0 Å². The molecule has 0 spiro atoms. The second-order valence-electron chi connectivity index (χ2n) is 2.69. The summed E-state index contributed by atoms with van der Waals surface area (Å²) in [6.07, 6.45) is 2.77. The van der Waals surface area contributed by atoms with Crippen molar-refractivity contribution >= 4 is 6.29 Å². The van der Waals surface area contributed by atoms with Crippen LogP contribution in [-0.4, -0.2) is 30.3 Å². The summed E-state index contributed by atoms with van der Waals surface area (Å²) >= 11 is 0. The molecule has 0 aromatic rings. The van der Waals surface area contributed by atoms with E-state index in [1.807, 2.05) is 0 Å². The van der Waals surface area contributed by atoms with Crippen LogP contribution in [0.4, 0.5) is 0 Å². The number of aldehydes is 1. The minimum absolute atomic E-state index is 0.461. The van der Waals surface area contributed by atoms with Crippen molar-refractivity contribution in [3.63, 3.8) is 0 Å². The van der Waals surface area contributed by atoms with Crippen LogP contribution < -0.4 is 0 Å². The van der Waals surface area contributed by atoms with Crippen LogP contribution in [0.3, 0.4) is 0 Å². The van der Waals surface area contributed by atoms with Crippen molar-refractivity contribution < 1.29 is 4.79 Å². The first-order valence-electron chi connectivity index (χ1n) is 4.47. The molecule has 1 unspecified atom stereocenters. The number of hydrogen-bond acceptors (Lipinski definition) is 2. The molecule has 66 valence electrons. The van der Waals surface area contributed by atoms with E-state index in [-0.39, 0.29) is 0 Å². The van der Waals surface area contributed by atoms with E-state index in [9.17, 15) is 4.79 Å². The fourth-order valence-corrected chi connectivity index (χ4v) is 1.43. The molecule has 0 N–H and O–H groups in total. The lowest BCUT2D eigenvalue weighted by atomic mass is 10.1. The molecule has 0 aliphatic rings. The lowest BCUT2D eigenvalue weighted by Gasteiger charge is -2.26. The Morgan fingerprint density at radius 3 is 2.09 bits per heavy atom. The molecular formula is C9H19NO. The molecule has 0 fully saturated rings. The molecule has 0 rings (SSSR count). The van der Waals surface area contributed by atoms with Gasteiger partial charge in [-0.3, -0.25) is 0 Å². The highest BCUT2D eigenvalue weighted by Gasteiger charge is 2.11. The summed E-state index contributed by atoms with van der Waals surface area (Å²) in [6.45, 7) is 8.49. The largest absolute Gasteiger partial charge is 0.303 e. The number of rotatable bonds is 6. The van der Waals surface area contributed by atoms with Gasteiger partial charge in [-0.2, -0.15) is 0 Å². The zero-order chi connectivity index (χ0) is 8.69. The van der Waals surface area contributed by atoms with Gasteiger partial charge in [-0.1, -0.05) is 20.8 Å². The highest BCUT2D eigenvalue weighted by atomic mass is 16.1. The monoisotopic (exact) mass is 157 g/mol. The quantitative estimate of drug-likeness (QED) is 0.547. The molecule has 2 heteroatoms. The van der Waals surface area contributed by atoms with Crippen LogP contribution in [-0.2, 0) is 4.79 Å². The Morgan fingerprint density at radius 2 is 1.82 bits per heavy atom. The van der Waals surface area contributed by atoms with E-state index in [0.29, 0.717) is 12.5 Å². The lowest BCUT2D eigenvalue weighted by Crippen LogP contribution is -2.34. The molecule has 0 heterocycles. The predicted molar refractivity (Wildman–Crippen MR) is 47.7 cm³/mol. The maximum atomic E-state index is 10.3. The van der Waals surface area contributed by atoms with Crippen LogP contribution >= 0.6 is 0 Å². The van der Waals surface area contributed by atoms with Crippen molar-refractivity contribution in [1.82, 2.24) is 4.90 Å². The average Bonchev–Trinajstić information content (AvgIpc) is 2.05.